The van der Waals surface area contributed by atoms with E-state index in [9.17, 15) is 18.0 Å². The van der Waals surface area contributed by atoms with E-state index in [1.165, 1.54) is 4.31 Å². The van der Waals surface area contributed by atoms with Crippen molar-refractivity contribution in [2.24, 2.45) is 0 Å². The van der Waals surface area contributed by atoms with Crippen LogP contribution in [0.3, 0.4) is 0 Å². The Bertz CT molecular complexity index is 1100. The molecule has 0 aliphatic carbocycles. The first-order valence-electron chi connectivity index (χ1n) is 11.3. The Morgan fingerprint density at radius 3 is 2.32 bits per heavy atom. The van der Waals surface area contributed by atoms with E-state index in [1.54, 1.807) is 36.1 Å². The number of hydrogen-bond donors (Lipinski definition) is 1. The lowest BCUT2D eigenvalue weighted by Crippen LogP contribution is -2.49. The third kappa shape index (κ3) is 8.33. The number of nitrogens with zero attached hydrogens (tertiary/aromatic N) is 2. The molecule has 2 rings (SSSR count). The molecule has 34 heavy (non-hydrogen) atoms. The summed E-state index contributed by atoms with van der Waals surface area (Å²) in [5, 5.41) is 3.29. The van der Waals surface area contributed by atoms with Gasteiger partial charge in [0.25, 0.3) is 0 Å². The van der Waals surface area contributed by atoms with Gasteiger partial charge in [0, 0.05) is 30.6 Å². The summed E-state index contributed by atoms with van der Waals surface area (Å²) in [6.07, 6.45) is 1.51. The van der Waals surface area contributed by atoms with Gasteiger partial charge in [-0.15, -0.1) is 0 Å². The van der Waals surface area contributed by atoms with Crippen molar-refractivity contribution in [3.8, 4) is 0 Å². The Hall–Kier alpha value is -2.58. The number of halogens is 1. The molecular formula is C25H34ClN3O4S. The van der Waals surface area contributed by atoms with Crippen molar-refractivity contribution in [3.05, 3.63) is 64.7 Å². The average molecular weight is 508 g/mol. The number of benzene rings is 2. The van der Waals surface area contributed by atoms with Crippen LogP contribution in [0, 0.1) is 6.92 Å². The maximum atomic E-state index is 13.2. The molecule has 0 heterocycles. The fourth-order valence-electron chi connectivity index (χ4n) is 3.63. The van der Waals surface area contributed by atoms with Crippen LogP contribution in [0.25, 0.3) is 0 Å². The second-order valence-corrected chi connectivity index (χ2v) is 11.1. The highest BCUT2D eigenvalue weighted by molar-refractivity contribution is 7.92. The van der Waals surface area contributed by atoms with E-state index in [1.807, 2.05) is 45.0 Å². The first-order chi connectivity index (χ1) is 15.9. The van der Waals surface area contributed by atoms with E-state index in [-0.39, 0.29) is 37.4 Å². The van der Waals surface area contributed by atoms with Crippen LogP contribution in [0.5, 0.6) is 0 Å². The van der Waals surface area contributed by atoms with Crippen molar-refractivity contribution in [3.63, 3.8) is 0 Å². The van der Waals surface area contributed by atoms with Gasteiger partial charge in [-0.25, -0.2) is 8.42 Å². The summed E-state index contributed by atoms with van der Waals surface area (Å²) in [5.74, 6) is -0.444. The zero-order valence-corrected chi connectivity index (χ0v) is 22.0. The van der Waals surface area contributed by atoms with Crippen molar-refractivity contribution >= 4 is 39.1 Å². The molecule has 1 unspecified atom stereocenters. The molecule has 0 radical (unpaired) electrons. The molecule has 9 heteroatoms. The van der Waals surface area contributed by atoms with Gasteiger partial charge >= 0.3 is 0 Å². The molecule has 0 fully saturated rings. The highest BCUT2D eigenvalue weighted by Gasteiger charge is 2.27. The van der Waals surface area contributed by atoms with Gasteiger partial charge in [0.2, 0.25) is 21.8 Å². The Morgan fingerprint density at radius 2 is 1.74 bits per heavy atom. The summed E-state index contributed by atoms with van der Waals surface area (Å²) in [6.45, 7) is 7.83. The number of aryl methyl sites for hydroxylation is 1. The Labute approximate surface area is 208 Å². The number of rotatable bonds is 11. The van der Waals surface area contributed by atoms with Crippen LogP contribution < -0.4 is 9.62 Å². The number of hydrogen-bond acceptors (Lipinski definition) is 4. The molecule has 2 aromatic rings. The van der Waals surface area contributed by atoms with Crippen molar-refractivity contribution in [2.45, 2.75) is 59.2 Å². The van der Waals surface area contributed by atoms with Gasteiger partial charge < -0.3 is 10.2 Å². The molecule has 0 aliphatic heterocycles. The predicted octanol–water partition coefficient (Wildman–Crippen LogP) is 4.14. The van der Waals surface area contributed by atoms with Gasteiger partial charge in [0.15, 0.2) is 0 Å². The monoisotopic (exact) mass is 507 g/mol. The molecular weight excluding hydrogens is 474 g/mol. The zero-order valence-electron chi connectivity index (χ0n) is 20.4. The van der Waals surface area contributed by atoms with Crippen LogP contribution in [0.4, 0.5) is 5.69 Å². The van der Waals surface area contributed by atoms with E-state index in [0.717, 1.165) is 17.4 Å². The van der Waals surface area contributed by atoms with Gasteiger partial charge in [-0.05, 0) is 57.9 Å². The maximum absolute atomic E-state index is 13.2. The lowest BCUT2D eigenvalue weighted by atomic mass is 10.1. The van der Waals surface area contributed by atoms with Gasteiger partial charge in [0.1, 0.15) is 6.04 Å². The van der Waals surface area contributed by atoms with Crippen LogP contribution in [-0.4, -0.2) is 50.0 Å². The number of anilines is 1. The van der Waals surface area contributed by atoms with E-state index in [2.05, 4.69) is 5.32 Å². The van der Waals surface area contributed by atoms with Crippen molar-refractivity contribution in [1.82, 2.24) is 10.2 Å². The molecule has 0 aromatic heterocycles. The average Bonchev–Trinajstić information content (AvgIpc) is 2.73. The minimum atomic E-state index is -3.56. The Morgan fingerprint density at radius 1 is 1.06 bits per heavy atom. The highest BCUT2D eigenvalue weighted by atomic mass is 35.5. The molecule has 0 bridgehead atoms. The first kappa shape index (κ1) is 27.7. The van der Waals surface area contributed by atoms with Gasteiger partial charge in [-0.2, -0.15) is 0 Å². The largest absolute Gasteiger partial charge is 0.352 e. The number of carbonyl (C=O) groups is 2. The van der Waals surface area contributed by atoms with Crippen LogP contribution in [0.1, 0.15) is 44.7 Å². The van der Waals surface area contributed by atoms with Crippen molar-refractivity contribution in [2.75, 3.05) is 17.1 Å². The van der Waals surface area contributed by atoms with E-state index < -0.39 is 16.1 Å². The Kier molecular flexibility index (Phi) is 9.94. The second kappa shape index (κ2) is 12.2. The molecule has 2 amide bonds. The number of carbonyl (C=O) groups excluding carboxylic acids is 2. The number of amides is 2. The van der Waals surface area contributed by atoms with Crippen LogP contribution in [0.2, 0.25) is 5.02 Å². The molecule has 2 aromatic carbocycles. The van der Waals surface area contributed by atoms with Crippen LogP contribution in [0.15, 0.2) is 48.5 Å². The molecule has 1 N–H and O–H groups in total. The summed E-state index contributed by atoms with van der Waals surface area (Å²) in [5.41, 5.74) is 2.44. The minimum absolute atomic E-state index is 0.0492. The normalized spacial score (nSPS) is 12.3. The fourth-order valence-corrected chi connectivity index (χ4v) is 4.77. The van der Waals surface area contributed by atoms with E-state index in [4.69, 9.17) is 11.6 Å². The third-order valence-electron chi connectivity index (χ3n) is 5.28. The second-order valence-electron chi connectivity index (χ2n) is 8.77. The number of nitrogens with one attached hydrogen (secondary N) is 1. The van der Waals surface area contributed by atoms with Crippen molar-refractivity contribution in [1.29, 1.82) is 0 Å². The zero-order chi connectivity index (χ0) is 25.5. The Balaban J connectivity index is 2.17. The summed E-state index contributed by atoms with van der Waals surface area (Å²) >= 11 is 6.03. The molecule has 0 aliphatic rings. The summed E-state index contributed by atoms with van der Waals surface area (Å²) < 4.78 is 26.0. The van der Waals surface area contributed by atoms with E-state index in [0.29, 0.717) is 17.1 Å². The lowest BCUT2D eigenvalue weighted by molar-refractivity contribution is -0.140. The minimum Gasteiger partial charge on any atom is -0.352 e. The molecule has 186 valence electrons. The third-order valence-corrected chi connectivity index (χ3v) is 6.71. The summed E-state index contributed by atoms with van der Waals surface area (Å²) in [7, 11) is -3.56. The summed E-state index contributed by atoms with van der Waals surface area (Å²) in [6, 6.07) is 13.7. The topological polar surface area (TPSA) is 86.8 Å². The fraction of sp³-hybridized carbons (Fsp3) is 0.440. The van der Waals surface area contributed by atoms with Gasteiger partial charge in [-0.1, -0.05) is 47.5 Å². The van der Waals surface area contributed by atoms with Crippen LogP contribution >= 0.6 is 11.6 Å². The maximum Gasteiger partial charge on any atom is 0.242 e. The SMILES string of the molecule is Cc1cccc(CN(C(=O)CCCN(c2cccc(Cl)c2)S(C)(=O)=O)C(C)C(=O)NC(C)C)c1. The van der Waals surface area contributed by atoms with Gasteiger partial charge in [0.05, 0.1) is 11.9 Å². The molecule has 0 spiro atoms. The van der Waals surface area contributed by atoms with Crippen molar-refractivity contribution < 1.29 is 18.0 Å². The summed E-state index contributed by atoms with van der Waals surface area (Å²) in [4.78, 5) is 27.5. The quantitative estimate of drug-likeness (QED) is 0.495. The predicted molar refractivity (Wildman–Crippen MR) is 137 cm³/mol. The highest BCUT2D eigenvalue weighted by Crippen LogP contribution is 2.22. The van der Waals surface area contributed by atoms with Gasteiger partial charge in [-0.3, -0.25) is 13.9 Å². The number of sulfonamides is 1. The molecule has 0 saturated carbocycles. The standard InChI is InChI=1S/C25H34ClN3O4S/c1-18(2)27-25(31)20(4)28(17-21-10-6-9-19(3)15-21)24(30)13-8-14-29(34(5,32)33)23-12-7-11-22(26)16-23/h6-7,9-12,15-16,18,20H,8,13-14,17H2,1-5H3,(H,27,31). The molecule has 1 atom stereocenters. The lowest BCUT2D eigenvalue weighted by Gasteiger charge is -2.30. The molecule has 7 nitrogen and oxygen atoms in total. The van der Waals surface area contributed by atoms with Crippen LogP contribution in [-0.2, 0) is 26.2 Å². The smallest absolute Gasteiger partial charge is 0.242 e. The first-order valence-corrected chi connectivity index (χ1v) is 13.5. The molecule has 0 saturated heterocycles. The van der Waals surface area contributed by atoms with E-state index >= 15 is 0 Å².